The molecule has 0 amide bonds. The molecule has 0 radical (unpaired) electrons. The van der Waals surface area contributed by atoms with Crippen molar-refractivity contribution in [2.75, 3.05) is 0 Å². The van der Waals surface area contributed by atoms with Crippen molar-refractivity contribution in [2.45, 2.75) is 12.7 Å². The average molecular weight is 194 g/mol. The Hall–Kier alpha value is -1.17. The molecule has 0 atom stereocenters. The first-order chi connectivity index (χ1) is 5.93. The fourth-order valence-corrected chi connectivity index (χ4v) is 0.800. The van der Waals surface area contributed by atoms with E-state index in [9.17, 15) is 17.6 Å². The van der Waals surface area contributed by atoms with Gasteiger partial charge in [0, 0.05) is 12.6 Å². The molecule has 0 bridgehead atoms. The van der Waals surface area contributed by atoms with E-state index < -0.39 is 17.7 Å². The molecule has 0 aliphatic rings. The molecule has 2 nitrogen and oxygen atoms in total. The summed E-state index contributed by atoms with van der Waals surface area (Å²) in [6.07, 6.45) is -4.63. The van der Waals surface area contributed by atoms with Gasteiger partial charge in [0.05, 0.1) is 5.69 Å². The summed E-state index contributed by atoms with van der Waals surface area (Å²) < 4.78 is 48.6. The summed E-state index contributed by atoms with van der Waals surface area (Å²) in [7, 11) is 0. The first-order valence-corrected chi connectivity index (χ1v) is 3.37. The summed E-state index contributed by atoms with van der Waals surface area (Å²) in [5, 5.41) is 0. The van der Waals surface area contributed by atoms with E-state index >= 15 is 0 Å². The summed E-state index contributed by atoms with van der Waals surface area (Å²) in [5.41, 5.74) is 3.66. The Kier molecular flexibility index (Phi) is 2.51. The molecule has 6 heteroatoms. The number of alkyl halides is 3. The normalized spacial score (nSPS) is 11.8. The van der Waals surface area contributed by atoms with Gasteiger partial charge in [-0.3, -0.25) is 0 Å². The lowest BCUT2D eigenvalue weighted by Crippen LogP contribution is -2.11. The molecule has 1 rings (SSSR count). The van der Waals surface area contributed by atoms with Crippen LogP contribution < -0.4 is 5.73 Å². The zero-order valence-electron chi connectivity index (χ0n) is 6.40. The van der Waals surface area contributed by atoms with Crippen LogP contribution in [-0.4, -0.2) is 4.98 Å². The van der Waals surface area contributed by atoms with Crippen LogP contribution in [0.1, 0.15) is 11.4 Å². The Balaban J connectivity index is 3.16. The topological polar surface area (TPSA) is 38.9 Å². The lowest BCUT2D eigenvalue weighted by atomic mass is 10.3. The number of rotatable bonds is 1. The Morgan fingerprint density at radius 1 is 1.31 bits per heavy atom. The van der Waals surface area contributed by atoms with Crippen molar-refractivity contribution in [3.63, 3.8) is 0 Å². The van der Waals surface area contributed by atoms with Crippen molar-refractivity contribution in [3.8, 4) is 0 Å². The second kappa shape index (κ2) is 3.29. The fourth-order valence-electron chi connectivity index (χ4n) is 0.800. The Morgan fingerprint density at radius 3 is 2.38 bits per heavy atom. The van der Waals surface area contributed by atoms with Gasteiger partial charge in [0.1, 0.15) is 11.5 Å². The molecule has 0 unspecified atom stereocenters. The van der Waals surface area contributed by atoms with Gasteiger partial charge in [-0.1, -0.05) is 0 Å². The molecule has 72 valence electrons. The number of nitrogens with two attached hydrogens (primary N) is 1. The number of nitrogens with zero attached hydrogens (tertiary/aromatic N) is 1. The molecule has 0 aliphatic heterocycles. The van der Waals surface area contributed by atoms with Crippen LogP contribution >= 0.6 is 0 Å². The van der Waals surface area contributed by atoms with Crippen LogP contribution in [0.15, 0.2) is 12.1 Å². The van der Waals surface area contributed by atoms with Gasteiger partial charge in [-0.15, -0.1) is 0 Å². The van der Waals surface area contributed by atoms with E-state index in [2.05, 4.69) is 4.98 Å². The predicted octanol–water partition coefficient (Wildman–Crippen LogP) is 1.70. The van der Waals surface area contributed by atoms with E-state index in [1.807, 2.05) is 0 Å². The maximum absolute atomic E-state index is 12.5. The zero-order valence-corrected chi connectivity index (χ0v) is 6.40. The highest BCUT2D eigenvalue weighted by Crippen LogP contribution is 2.28. The SMILES string of the molecule is NCc1cc(F)cc(C(F)(F)F)n1. The number of hydrogen-bond donors (Lipinski definition) is 1. The lowest BCUT2D eigenvalue weighted by Gasteiger charge is -2.06. The van der Waals surface area contributed by atoms with Gasteiger partial charge >= 0.3 is 6.18 Å². The third-order valence-electron chi connectivity index (χ3n) is 1.34. The van der Waals surface area contributed by atoms with Crippen LogP contribution in [0.25, 0.3) is 0 Å². The van der Waals surface area contributed by atoms with Crippen molar-refractivity contribution in [1.29, 1.82) is 0 Å². The van der Waals surface area contributed by atoms with Crippen molar-refractivity contribution in [1.82, 2.24) is 4.98 Å². The van der Waals surface area contributed by atoms with Gasteiger partial charge < -0.3 is 5.73 Å². The molecule has 1 heterocycles. The highest BCUT2D eigenvalue weighted by molar-refractivity contribution is 5.15. The minimum absolute atomic E-state index is 0.118. The summed E-state index contributed by atoms with van der Waals surface area (Å²) in [4.78, 5) is 3.13. The van der Waals surface area contributed by atoms with E-state index in [0.717, 1.165) is 6.07 Å². The van der Waals surface area contributed by atoms with Crippen LogP contribution in [0, 0.1) is 5.82 Å². The van der Waals surface area contributed by atoms with E-state index in [1.54, 1.807) is 0 Å². The van der Waals surface area contributed by atoms with Crippen molar-refractivity contribution in [2.24, 2.45) is 5.73 Å². The molecule has 0 saturated heterocycles. The maximum Gasteiger partial charge on any atom is 0.433 e. The molecular weight excluding hydrogens is 188 g/mol. The van der Waals surface area contributed by atoms with Crippen molar-refractivity contribution in [3.05, 3.63) is 29.3 Å². The second-order valence-electron chi connectivity index (χ2n) is 2.36. The van der Waals surface area contributed by atoms with Crippen molar-refractivity contribution < 1.29 is 17.6 Å². The molecule has 0 aromatic carbocycles. The standard InChI is InChI=1S/C7H6F4N2/c8-4-1-5(3-12)13-6(2-4)7(9,10)11/h1-2H,3,12H2. The third kappa shape index (κ3) is 2.38. The molecular formula is C7H6F4N2. The van der Waals surface area contributed by atoms with E-state index in [4.69, 9.17) is 5.73 Å². The first kappa shape index (κ1) is 9.91. The second-order valence-corrected chi connectivity index (χ2v) is 2.36. The van der Waals surface area contributed by atoms with Gasteiger partial charge in [0.2, 0.25) is 0 Å². The maximum atomic E-state index is 12.5. The highest BCUT2D eigenvalue weighted by atomic mass is 19.4. The minimum atomic E-state index is -4.63. The molecule has 2 N–H and O–H groups in total. The van der Waals surface area contributed by atoms with E-state index in [-0.39, 0.29) is 12.2 Å². The average Bonchev–Trinajstić information content (AvgIpc) is 2.01. The minimum Gasteiger partial charge on any atom is -0.325 e. The van der Waals surface area contributed by atoms with Gasteiger partial charge in [-0.2, -0.15) is 13.2 Å². The number of aromatic nitrogens is 1. The van der Waals surface area contributed by atoms with Crippen LogP contribution in [0.4, 0.5) is 17.6 Å². The molecule has 0 aliphatic carbocycles. The molecule has 0 fully saturated rings. The summed E-state index contributed by atoms with van der Waals surface area (Å²) in [6, 6.07) is 1.20. The summed E-state index contributed by atoms with van der Waals surface area (Å²) in [5.74, 6) is -0.984. The predicted molar refractivity (Wildman–Crippen MR) is 37.1 cm³/mol. The summed E-state index contributed by atoms with van der Waals surface area (Å²) in [6.45, 7) is -0.221. The quantitative estimate of drug-likeness (QED) is 0.691. The first-order valence-electron chi connectivity index (χ1n) is 3.37. The van der Waals surface area contributed by atoms with Crippen molar-refractivity contribution >= 4 is 0 Å². The number of pyridine rings is 1. The Morgan fingerprint density at radius 2 is 1.92 bits per heavy atom. The van der Waals surface area contributed by atoms with Gasteiger partial charge in [-0.05, 0) is 6.07 Å². The largest absolute Gasteiger partial charge is 0.433 e. The fraction of sp³-hybridized carbons (Fsp3) is 0.286. The molecule has 1 aromatic heterocycles. The lowest BCUT2D eigenvalue weighted by molar-refractivity contribution is -0.141. The van der Waals surface area contributed by atoms with E-state index in [1.165, 1.54) is 0 Å². The molecule has 13 heavy (non-hydrogen) atoms. The van der Waals surface area contributed by atoms with Crippen LogP contribution in [0.5, 0.6) is 0 Å². The molecule has 0 spiro atoms. The zero-order chi connectivity index (χ0) is 10.1. The highest BCUT2D eigenvalue weighted by Gasteiger charge is 2.33. The molecule has 0 saturated carbocycles. The van der Waals surface area contributed by atoms with Crippen LogP contribution in [0.3, 0.4) is 0 Å². The van der Waals surface area contributed by atoms with Crippen LogP contribution in [0.2, 0.25) is 0 Å². The summed E-state index contributed by atoms with van der Waals surface area (Å²) >= 11 is 0. The smallest absolute Gasteiger partial charge is 0.325 e. The van der Waals surface area contributed by atoms with E-state index in [0.29, 0.717) is 6.07 Å². The number of hydrogen-bond acceptors (Lipinski definition) is 2. The van der Waals surface area contributed by atoms with Crippen LogP contribution in [-0.2, 0) is 12.7 Å². The monoisotopic (exact) mass is 194 g/mol. The molecule has 1 aromatic rings. The Bertz CT molecular complexity index is 308. The third-order valence-corrected chi connectivity index (χ3v) is 1.34. The van der Waals surface area contributed by atoms with Gasteiger partial charge in [-0.25, -0.2) is 9.37 Å². The number of halogens is 4. The van der Waals surface area contributed by atoms with Gasteiger partial charge in [0.15, 0.2) is 0 Å². The Labute approximate surface area is 71.4 Å². The van der Waals surface area contributed by atoms with Gasteiger partial charge in [0.25, 0.3) is 0 Å².